The molecule has 5 nitrogen and oxygen atoms in total. The molecule has 21 heavy (non-hydrogen) atoms. The molecule has 0 saturated carbocycles. The molecule has 0 radical (unpaired) electrons. The monoisotopic (exact) mass is 325 g/mol. The summed E-state index contributed by atoms with van der Waals surface area (Å²) >= 11 is 0. The number of alkyl halides is 3. The van der Waals surface area contributed by atoms with Crippen LogP contribution in [0.4, 0.5) is 13.2 Å². The van der Waals surface area contributed by atoms with Crippen LogP contribution in [0.3, 0.4) is 0 Å². The van der Waals surface area contributed by atoms with Crippen LogP contribution in [0.2, 0.25) is 0 Å². The Morgan fingerprint density at radius 1 is 1.29 bits per heavy atom. The fourth-order valence-corrected chi connectivity index (χ4v) is 3.08. The van der Waals surface area contributed by atoms with E-state index in [0.717, 1.165) is 23.5 Å². The van der Waals surface area contributed by atoms with Crippen LogP contribution in [-0.2, 0) is 21.0 Å². The van der Waals surface area contributed by atoms with Gasteiger partial charge in [-0.3, -0.25) is 4.79 Å². The topological polar surface area (TPSA) is 74.7 Å². The van der Waals surface area contributed by atoms with Crippen LogP contribution in [0.25, 0.3) is 0 Å². The van der Waals surface area contributed by atoms with Crippen LogP contribution >= 0.6 is 0 Å². The summed E-state index contributed by atoms with van der Waals surface area (Å²) in [4.78, 5) is 9.53. The molecule has 0 saturated heterocycles. The molecule has 0 amide bonds. The second-order valence-corrected chi connectivity index (χ2v) is 6.33. The first-order valence-electron chi connectivity index (χ1n) is 5.91. The number of rotatable bonds is 6. The van der Waals surface area contributed by atoms with Gasteiger partial charge >= 0.3 is 12.1 Å². The molecule has 0 aromatic heterocycles. The summed E-state index contributed by atoms with van der Waals surface area (Å²) < 4.78 is 63.5. The van der Waals surface area contributed by atoms with E-state index in [9.17, 15) is 26.4 Å². The van der Waals surface area contributed by atoms with Gasteiger partial charge in [0.2, 0.25) is 10.0 Å². The van der Waals surface area contributed by atoms with Crippen molar-refractivity contribution in [2.75, 3.05) is 13.6 Å². The van der Waals surface area contributed by atoms with E-state index in [4.69, 9.17) is 5.11 Å². The lowest BCUT2D eigenvalue weighted by molar-refractivity contribution is -0.140. The van der Waals surface area contributed by atoms with Crippen molar-refractivity contribution in [3.05, 3.63) is 29.8 Å². The van der Waals surface area contributed by atoms with Crippen molar-refractivity contribution in [3.8, 4) is 0 Å². The van der Waals surface area contributed by atoms with Crippen LogP contribution in [0, 0.1) is 0 Å². The van der Waals surface area contributed by atoms with Crippen molar-refractivity contribution >= 4 is 16.0 Å². The van der Waals surface area contributed by atoms with Gasteiger partial charge in [0.25, 0.3) is 0 Å². The number of hydrogen-bond acceptors (Lipinski definition) is 3. The molecule has 0 unspecified atom stereocenters. The number of carboxylic acid groups (broad SMARTS) is 1. The van der Waals surface area contributed by atoms with Crippen molar-refractivity contribution in [2.45, 2.75) is 23.9 Å². The summed E-state index contributed by atoms with van der Waals surface area (Å²) in [6.45, 7) is -0.180. The lowest BCUT2D eigenvalue weighted by Gasteiger charge is -2.19. The van der Waals surface area contributed by atoms with Gasteiger partial charge in [0.1, 0.15) is 0 Å². The highest BCUT2D eigenvalue weighted by molar-refractivity contribution is 7.89. The van der Waals surface area contributed by atoms with Crippen molar-refractivity contribution in [1.82, 2.24) is 4.31 Å². The van der Waals surface area contributed by atoms with Crippen LogP contribution in [0.15, 0.2) is 29.2 Å². The molecular weight excluding hydrogens is 311 g/mol. The lowest BCUT2D eigenvalue weighted by atomic mass is 10.2. The zero-order chi connectivity index (χ0) is 16.3. The third-order valence-corrected chi connectivity index (χ3v) is 4.66. The molecule has 1 N–H and O–H groups in total. The fraction of sp³-hybridized carbons (Fsp3) is 0.417. The van der Waals surface area contributed by atoms with Gasteiger partial charge in [-0.2, -0.15) is 13.2 Å². The summed E-state index contributed by atoms with van der Waals surface area (Å²) in [7, 11) is -3.21. The van der Waals surface area contributed by atoms with Gasteiger partial charge in [-0.05, 0) is 18.6 Å². The predicted molar refractivity (Wildman–Crippen MR) is 68.1 cm³/mol. The first kappa shape index (κ1) is 17.4. The Morgan fingerprint density at radius 2 is 1.86 bits per heavy atom. The molecule has 0 heterocycles. The Balaban J connectivity index is 3.06. The Kier molecular flexibility index (Phi) is 5.35. The van der Waals surface area contributed by atoms with Crippen molar-refractivity contribution in [1.29, 1.82) is 0 Å². The van der Waals surface area contributed by atoms with Crippen LogP contribution in [0.1, 0.15) is 18.4 Å². The van der Waals surface area contributed by atoms with Crippen LogP contribution in [-0.4, -0.2) is 37.4 Å². The van der Waals surface area contributed by atoms with E-state index in [1.165, 1.54) is 6.07 Å². The molecular formula is C12H14F3NO4S. The smallest absolute Gasteiger partial charge is 0.417 e. The maximum absolute atomic E-state index is 12.8. The summed E-state index contributed by atoms with van der Waals surface area (Å²) in [5.41, 5.74) is -1.24. The minimum Gasteiger partial charge on any atom is -0.481 e. The van der Waals surface area contributed by atoms with Gasteiger partial charge in [-0.25, -0.2) is 12.7 Å². The largest absolute Gasteiger partial charge is 0.481 e. The van der Waals surface area contributed by atoms with Crippen molar-refractivity contribution in [2.24, 2.45) is 0 Å². The highest BCUT2D eigenvalue weighted by Crippen LogP contribution is 2.34. The second-order valence-electron chi connectivity index (χ2n) is 4.32. The molecule has 1 rings (SSSR count). The van der Waals surface area contributed by atoms with E-state index in [-0.39, 0.29) is 19.4 Å². The van der Waals surface area contributed by atoms with Gasteiger partial charge in [-0.15, -0.1) is 0 Å². The summed E-state index contributed by atoms with van der Waals surface area (Å²) in [6, 6.07) is 3.88. The lowest BCUT2D eigenvalue weighted by Crippen LogP contribution is -2.30. The van der Waals surface area contributed by atoms with Gasteiger partial charge in [0, 0.05) is 20.0 Å². The molecule has 0 aliphatic heterocycles. The van der Waals surface area contributed by atoms with Gasteiger partial charge in [0.05, 0.1) is 10.5 Å². The van der Waals surface area contributed by atoms with Crippen molar-refractivity contribution < 1.29 is 31.5 Å². The predicted octanol–water partition coefficient (Wildman–Crippen LogP) is 2.19. The molecule has 1 aromatic carbocycles. The molecule has 0 aliphatic carbocycles. The second kappa shape index (κ2) is 6.44. The number of nitrogens with zero attached hydrogens (tertiary/aromatic N) is 1. The molecule has 118 valence electrons. The molecule has 0 spiro atoms. The van der Waals surface area contributed by atoms with E-state index in [1.807, 2.05) is 0 Å². The molecule has 9 heteroatoms. The molecule has 0 fully saturated rings. The quantitative estimate of drug-likeness (QED) is 0.870. The highest BCUT2D eigenvalue weighted by Gasteiger charge is 2.37. The average Bonchev–Trinajstić information content (AvgIpc) is 2.37. The van der Waals surface area contributed by atoms with E-state index < -0.39 is 32.6 Å². The zero-order valence-corrected chi connectivity index (χ0v) is 11.9. The average molecular weight is 325 g/mol. The number of halogens is 3. The fourth-order valence-electron chi connectivity index (χ4n) is 1.67. The summed E-state index contributed by atoms with van der Waals surface area (Å²) in [5.74, 6) is -1.10. The number of hydrogen-bond donors (Lipinski definition) is 1. The first-order chi connectivity index (χ1) is 9.56. The van der Waals surface area contributed by atoms with E-state index in [1.54, 1.807) is 0 Å². The Hall–Kier alpha value is -1.61. The summed E-state index contributed by atoms with van der Waals surface area (Å²) in [6.07, 6.45) is -5.04. The van der Waals surface area contributed by atoms with Crippen molar-refractivity contribution in [3.63, 3.8) is 0 Å². The third-order valence-electron chi connectivity index (χ3n) is 2.74. The zero-order valence-electron chi connectivity index (χ0n) is 11.1. The number of carboxylic acids is 1. The first-order valence-corrected chi connectivity index (χ1v) is 7.35. The standard InChI is InChI=1S/C12H14F3NO4S/c1-16(8-4-7-11(17)18)21(19,20)10-6-3-2-5-9(10)12(13,14)15/h2-3,5-6H,4,7-8H2,1H3,(H,17,18). The van der Waals surface area contributed by atoms with E-state index >= 15 is 0 Å². The number of aliphatic carboxylic acids is 1. The Labute approximate surface area is 120 Å². The summed E-state index contributed by atoms with van der Waals surface area (Å²) in [5, 5.41) is 8.48. The maximum atomic E-state index is 12.8. The Bertz CT molecular complexity index is 613. The van der Waals surface area contributed by atoms with E-state index in [0.29, 0.717) is 6.07 Å². The molecule has 0 bridgehead atoms. The Morgan fingerprint density at radius 3 is 2.38 bits per heavy atom. The normalized spacial score (nSPS) is 12.6. The van der Waals surface area contributed by atoms with Gasteiger partial charge in [-0.1, -0.05) is 12.1 Å². The van der Waals surface area contributed by atoms with E-state index in [2.05, 4.69) is 0 Å². The molecule has 0 atom stereocenters. The van der Waals surface area contributed by atoms with Gasteiger partial charge in [0.15, 0.2) is 0 Å². The highest BCUT2D eigenvalue weighted by atomic mass is 32.2. The van der Waals surface area contributed by atoms with Gasteiger partial charge < -0.3 is 5.11 Å². The van der Waals surface area contributed by atoms with Crippen LogP contribution < -0.4 is 0 Å². The minimum absolute atomic E-state index is 0.0131. The SMILES string of the molecule is CN(CCCC(=O)O)S(=O)(=O)c1ccccc1C(F)(F)F. The number of benzene rings is 1. The minimum atomic E-state index is -4.79. The molecule has 0 aliphatic rings. The van der Waals surface area contributed by atoms with Crippen LogP contribution in [0.5, 0.6) is 0 Å². The maximum Gasteiger partial charge on any atom is 0.417 e. The third kappa shape index (κ3) is 4.43. The number of sulfonamides is 1. The number of carbonyl (C=O) groups is 1. The molecule has 1 aromatic rings.